The lowest BCUT2D eigenvalue weighted by Crippen LogP contribution is -2.16. The van der Waals surface area contributed by atoms with Crippen LogP contribution in [0.15, 0.2) is 77.7 Å². The molecule has 4 aromatic rings. The zero-order valence-electron chi connectivity index (χ0n) is 16.9. The Balaban J connectivity index is 1.54. The van der Waals surface area contributed by atoms with Gasteiger partial charge in [0.2, 0.25) is 0 Å². The minimum atomic E-state index is -0.153. The number of hydrogen-bond acceptors (Lipinski definition) is 4. The standard InChI is InChI=1S/C24H22ClN3O2/c1-27(2)15-20-8-5-18-13-21(9-10-23(18)26-20)28-12-11-22(14-24(28)29)30-16-17-3-6-19(25)7-4-17/h3-14H,15-16H2,1-2H3. The Morgan fingerprint density at radius 3 is 2.53 bits per heavy atom. The van der Waals surface area contributed by atoms with Gasteiger partial charge in [0.15, 0.2) is 0 Å². The Morgan fingerprint density at radius 2 is 1.80 bits per heavy atom. The van der Waals surface area contributed by atoms with Gasteiger partial charge in [-0.25, -0.2) is 0 Å². The van der Waals surface area contributed by atoms with E-state index in [1.54, 1.807) is 16.8 Å². The van der Waals surface area contributed by atoms with E-state index in [0.29, 0.717) is 17.4 Å². The second-order valence-electron chi connectivity index (χ2n) is 7.40. The first kappa shape index (κ1) is 20.1. The summed E-state index contributed by atoms with van der Waals surface area (Å²) < 4.78 is 7.35. The lowest BCUT2D eigenvalue weighted by molar-refractivity contribution is 0.305. The Morgan fingerprint density at radius 1 is 1.00 bits per heavy atom. The molecule has 6 heteroatoms. The van der Waals surface area contributed by atoms with Gasteiger partial charge in [-0.3, -0.25) is 14.3 Å². The van der Waals surface area contributed by atoms with Crippen molar-refractivity contribution >= 4 is 22.5 Å². The lowest BCUT2D eigenvalue weighted by Gasteiger charge is -2.11. The summed E-state index contributed by atoms with van der Waals surface area (Å²) in [6.45, 7) is 1.16. The van der Waals surface area contributed by atoms with Gasteiger partial charge in [0.05, 0.1) is 11.2 Å². The van der Waals surface area contributed by atoms with Crippen LogP contribution < -0.4 is 10.3 Å². The molecule has 0 saturated carbocycles. The summed E-state index contributed by atoms with van der Waals surface area (Å²) in [4.78, 5) is 19.4. The van der Waals surface area contributed by atoms with Gasteiger partial charge in [-0.2, -0.15) is 0 Å². The molecule has 0 bridgehead atoms. The van der Waals surface area contributed by atoms with E-state index in [1.165, 1.54) is 6.07 Å². The summed E-state index contributed by atoms with van der Waals surface area (Å²) in [5, 5.41) is 1.67. The van der Waals surface area contributed by atoms with Crippen LogP contribution in [0.25, 0.3) is 16.6 Å². The molecule has 0 fully saturated rings. The third-order valence-electron chi connectivity index (χ3n) is 4.70. The van der Waals surface area contributed by atoms with Crippen LogP contribution in [0.1, 0.15) is 11.3 Å². The van der Waals surface area contributed by atoms with Crippen molar-refractivity contribution in [3.63, 3.8) is 0 Å². The minimum absolute atomic E-state index is 0.153. The molecule has 0 amide bonds. The highest BCUT2D eigenvalue weighted by Crippen LogP contribution is 2.19. The van der Waals surface area contributed by atoms with E-state index in [9.17, 15) is 4.79 Å². The largest absolute Gasteiger partial charge is 0.489 e. The number of halogens is 1. The predicted octanol–water partition coefficient (Wildman–Crippen LogP) is 4.68. The van der Waals surface area contributed by atoms with Gasteiger partial charge in [0.25, 0.3) is 5.56 Å². The van der Waals surface area contributed by atoms with Gasteiger partial charge >= 0.3 is 0 Å². The van der Waals surface area contributed by atoms with Crippen LogP contribution in [0.3, 0.4) is 0 Å². The van der Waals surface area contributed by atoms with E-state index in [-0.39, 0.29) is 5.56 Å². The van der Waals surface area contributed by atoms with Crippen LogP contribution in [-0.2, 0) is 13.2 Å². The van der Waals surface area contributed by atoms with Gasteiger partial charge < -0.3 is 9.64 Å². The topological polar surface area (TPSA) is 47.4 Å². The number of hydrogen-bond donors (Lipinski definition) is 0. The molecule has 0 N–H and O–H groups in total. The van der Waals surface area contributed by atoms with E-state index >= 15 is 0 Å². The van der Waals surface area contributed by atoms with Crippen molar-refractivity contribution in [1.29, 1.82) is 0 Å². The summed E-state index contributed by atoms with van der Waals surface area (Å²) in [5.41, 5.74) is 3.55. The molecule has 2 aromatic heterocycles. The summed E-state index contributed by atoms with van der Waals surface area (Å²) >= 11 is 5.90. The molecule has 0 atom stereocenters. The summed E-state index contributed by atoms with van der Waals surface area (Å²) in [6, 6.07) is 20.6. The highest BCUT2D eigenvalue weighted by Gasteiger charge is 2.06. The summed E-state index contributed by atoms with van der Waals surface area (Å²) in [7, 11) is 4.04. The van der Waals surface area contributed by atoms with Gasteiger partial charge in [-0.1, -0.05) is 29.8 Å². The fourth-order valence-electron chi connectivity index (χ4n) is 3.23. The van der Waals surface area contributed by atoms with Crippen LogP contribution in [0.4, 0.5) is 0 Å². The monoisotopic (exact) mass is 419 g/mol. The van der Waals surface area contributed by atoms with Crippen LogP contribution in [0, 0.1) is 0 Å². The van der Waals surface area contributed by atoms with Crippen LogP contribution in [-0.4, -0.2) is 28.5 Å². The average molecular weight is 420 g/mol. The Labute approximate surface area is 180 Å². The Hall–Kier alpha value is -3.15. The number of ether oxygens (including phenoxy) is 1. The fraction of sp³-hybridized carbons (Fsp3) is 0.167. The maximum Gasteiger partial charge on any atom is 0.258 e. The quantitative estimate of drug-likeness (QED) is 0.455. The molecule has 152 valence electrons. The zero-order chi connectivity index (χ0) is 21.1. The number of benzene rings is 2. The molecule has 0 aliphatic heterocycles. The average Bonchev–Trinajstić information content (AvgIpc) is 2.73. The van der Waals surface area contributed by atoms with Gasteiger partial charge in [-0.05, 0) is 62.1 Å². The summed E-state index contributed by atoms with van der Waals surface area (Å²) in [6.07, 6.45) is 1.73. The van der Waals surface area contributed by atoms with Crippen molar-refractivity contribution in [3.8, 4) is 11.4 Å². The van der Waals surface area contributed by atoms with Crippen LogP contribution in [0.2, 0.25) is 5.02 Å². The summed E-state index contributed by atoms with van der Waals surface area (Å²) in [5.74, 6) is 0.530. The SMILES string of the molecule is CN(C)Cc1ccc2cc(-n3ccc(OCc4ccc(Cl)cc4)cc3=O)ccc2n1. The maximum absolute atomic E-state index is 12.7. The Kier molecular flexibility index (Phi) is 5.84. The minimum Gasteiger partial charge on any atom is -0.489 e. The molecule has 0 saturated heterocycles. The molecule has 2 heterocycles. The molecular weight excluding hydrogens is 398 g/mol. The second kappa shape index (κ2) is 8.69. The number of nitrogens with zero attached hydrogens (tertiary/aromatic N) is 3. The lowest BCUT2D eigenvalue weighted by atomic mass is 10.1. The third-order valence-corrected chi connectivity index (χ3v) is 4.95. The van der Waals surface area contributed by atoms with E-state index < -0.39 is 0 Å². The van der Waals surface area contributed by atoms with E-state index in [0.717, 1.165) is 34.4 Å². The molecule has 4 rings (SSSR count). The van der Waals surface area contributed by atoms with Gasteiger partial charge in [0.1, 0.15) is 12.4 Å². The number of pyridine rings is 2. The van der Waals surface area contributed by atoms with Crippen LogP contribution >= 0.6 is 11.6 Å². The first-order valence-corrected chi connectivity index (χ1v) is 10.0. The van der Waals surface area contributed by atoms with Crippen molar-refractivity contribution in [2.45, 2.75) is 13.2 Å². The normalized spacial score (nSPS) is 11.2. The highest BCUT2D eigenvalue weighted by molar-refractivity contribution is 6.30. The molecule has 2 aromatic carbocycles. The van der Waals surface area contributed by atoms with Gasteiger partial charge in [0, 0.05) is 34.9 Å². The molecule has 30 heavy (non-hydrogen) atoms. The number of aromatic nitrogens is 2. The third kappa shape index (κ3) is 4.70. The maximum atomic E-state index is 12.7. The molecular formula is C24H22ClN3O2. The van der Waals surface area contributed by atoms with Crippen molar-refractivity contribution < 1.29 is 4.74 Å². The first-order valence-electron chi connectivity index (χ1n) is 9.63. The predicted molar refractivity (Wildman–Crippen MR) is 121 cm³/mol. The zero-order valence-corrected chi connectivity index (χ0v) is 17.6. The second-order valence-corrected chi connectivity index (χ2v) is 7.84. The van der Waals surface area contributed by atoms with Crippen molar-refractivity contribution in [2.24, 2.45) is 0 Å². The first-order chi connectivity index (χ1) is 14.5. The molecule has 0 unspecified atom stereocenters. The fourth-order valence-corrected chi connectivity index (χ4v) is 3.35. The molecule has 0 aliphatic rings. The molecule has 0 radical (unpaired) electrons. The number of fused-ring (bicyclic) bond motifs is 1. The Bertz CT molecular complexity index is 1230. The molecule has 0 aliphatic carbocycles. The molecule has 0 spiro atoms. The molecule has 5 nitrogen and oxygen atoms in total. The van der Waals surface area contributed by atoms with E-state index in [4.69, 9.17) is 16.3 Å². The van der Waals surface area contributed by atoms with Gasteiger partial charge in [-0.15, -0.1) is 0 Å². The van der Waals surface area contributed by atoms with Crippen LogP contribution in [0.5, 0.6) is 5.75 Å². The highest BCUT2D eigenvalue weighted by atomic mass is 35.5. The smallest absolute Gasteiger partial charge is 0.258 e. The van der Waals surface area contributed by atoms with E-state index in [1.807, 2.05) is 68.7 Å². The van der Waals surface area contributed by atoms with Crippen molar-refractivity contribution in [3.05, 3.63) is 99.6 Å². The van der Waals surface area contributed by atoms with E-state index in [2.05, 4.69) is 9.88 Å². The number of rotatable bonds is 6. The van der Waals surface area contributed by atoms with Crippen molar-refractivity contribution in [1.82, 2.24) is 14.5 Å². The van der Waals surface area contributed by atoms with Crippen molar-refractivity contribution in [2.75, 3.05) is 14.1 Å².